The standard InChI is InChI=1S/C28H23Cl2N9O19S6/c29-26-33-27(30)35-28(34-26)32-13-1-6-21(63(48,49)50)19(9-13)37-39-24-20(59-57-55-41)11-16-15(25(24)40)3-5-18(31-12-62(45,46)47)23(16)38-36-17-4-2-14(10-22(17)64(51,52)53)61(43,44)8-7-54-60-58-56-42/h1-6,9-11,31,40-42H,7-8,12H2,(H,45,46,47)(H,48,49,50)(H,51,52,53)(H,32,33,34,35)/b38-36+,39-37+. The van der Waals surface area contributed by atoms with Gasteiger partial charge in [0.25, 0.3) is 30.4 Å². The molecule has 1 aromatic heterocycles. The van der Waals surface area contributed by atoms with Crippen molar-refractivity contribution in [1.82, 2.24) is 15.0 Å². The molecule has 0 saturated carbocycles. The molecule has 344 valence electrons. The van der Waals surface area contributed by atoms with E-state index in [4.69, 9.17) is 37.9 Å². The Bertz CT molecular complexity index is 3080. The minimum atomic E-state index is -5.27. The van der Waals surface area contributed by atoms with E-state index in [1.165, 1.54) is 6.07 Å². The average Bonchev–Trinajstić information content (AvgIpc) is 3.19. The first-order valence-electron chi connectivity index (χ1n) is 16.1. The smallest absolute Gasteiger partial charge is 0.296 e. The van der Waals surface area contributed by atoms with Gasteiger partial charge < -0.3 is 15.7 Å². The first-order chi connectivity index (χ1) is 30.0. The molecule has 0 aliphatic heterocycles. The number of fused-ring (bicyclic) bond motifs is 1. The highest BCUT2D eigenvalue weighted by atomic mass is 35.5. The first-order valence-corrected chi connectivity index (χ1v) is 24.4. The lowest BCUT2D eigenvalue weighted by Gasteiger charge is -2.14. The largest absolute Gasteiger partial charge is 0.505 e. The van der Waals surface area contributed by atoms with Crippen molar-refractivity contribution in [3.8, 4) is 5.75 Å². The molecule has 0 unspecified atom stereocenters. The average molecular weight is 1050 g/mol. The normalized spacial score (nSPS) is 12.7. The second kappa shape index (κ2) is 21.2. The third kappa shape index (κ3) is 13.5. The van der Waals surface area contributed by atoms with Crippen LogP contribution in [0.4, 0.5) is 40.1 Å². The molecule has 8 N–H and O–H groups in total. The molecule has 0 aliphatic carbocycles. The number of rotatable bonds is 21. The molecule has 0 fully saturated rings. The van der Waals surface area contributed by atoms with Gasteiger partial charge in [-0.05, 0) is 77.8 Å². The van der Waals surface area contributed by atoms with E-state index in [-0.39, 0.29) is 67.9 Å². The Morgan fingerprint density at radius 3 is 2.00 bits per heavy atom. The SMILES string of the molecule is O=S(=O)(O)CNc1ccc2c(O)c(/N=N/c3cc(Nc4nc(Cl)nc(Cl)n4)ccc3S(=O)(=O)O)c(SOOO)cc2c1/N=N/c1ccc(S(=O)(=O)CCOSOOO)cc1S(=O)(=O)O. The molecule has 0 bridgehead atoms. The van der Waals surface area contributed by atoms with Crippen LogP contribution in [0.2, 0.25) is 10.6 Å². The van der Waals surface area contributed by atoms with E-state index < -0.39 is 102 Å². The Morgan fingerprint density at radius 2 is 1.36 bits per heavy atom. The molecule has 4 aromatic carbocycles. The molecule has 5 aromatic rings. The predicted molar refractivity (Wildman–Crippen MR) is 221 cm³/mol. The van der Waals surface area contributed by atoms with Gasteiger partial charge in [-0.15, -0.1) is 29.1 Å². The number of nitrogens with zero attached hydrogens (tertiary/aromatic N) is 7. The second-order valence-corrected chi connectivity index (χ2v) is 19.9. The summed E-state index contributed by atoms with van der Waals surface area (Å²) < 4.78 is 141. The number of sulfone groups is 1. The van der Waals surface area contributed by atoms with Gasteiger partial charge in [0, 0.05) is 16.5 Å². The molecule has 0 amide bonds. The minimum absolute atomic E-state index is 0.0351. The number of nitrogens with one attached hydrogen (secondary N) is 2. The molecule has 64 heavy (non-hydrogen) atoms. The number of aromatic hydroxyl groups is 1. The lowest BCUT2D eigenvalue weighted by atomic mass is 10.1. The molecule has 36 heteroatoms. The van der Waals surface area contributed by atoms with Crippen molar-refractivity contribution in [3.63, 3.8) is 0 Å². The van der Waals surface area contributed by atoms with E-state index in [1.807, 2.05) is 0 Å². The van der Waals surface area contributed by atoms with E-state index in [2.05, 4.69) is 64.8 Å². The summed E-state index contributed by atoms with van der Waals surface area (Å²) in [5, 5.41) is 55.3. The van der Waals surface area contributed by atoms with Crippen LogP contribution in [0.3, 0.4) is 0 Å². The third-order valence-corrected chi connectivity index (χ3v) is 12.8. The summed E-state index contributed by atoms with van der Waals surface area (Å²) in [5.41, 5.74) is -2.48. The van der Waals surface area contributed by atoms with E-state index >= 15 is 0 Å². The van der Waals surface area contributed by atoms with Crippen LogP contribution in [-0.2, 0) is 63.1 Å². The van der Waals surface area contributed by atoms with Gasteiger partial charge in [0.05, 0.1) is 39.9 Å². The minimum Gasteiger partial charge on any atom is -0.505 e. The van der Waals surface area contributed by atoms with Crippen molar-refractivity contribution in [2.24, 2.45) is 20.5 Å². The van der Waals surface area contributed by atoms with Crippen molar-refractivity contribution in [3.05, 3.63) is 65.2 Å². The third-order valence-electron chi connectivity index (χ3n) is 7.50. The summed E-state index contributed by atoms with van der Waals surface area (Å²) in [5.74, 6) is -2.93. The zero-order chi connectivity index (χ0) is 47.0. The van der Waals surface area contributed by atoms with Gasteiger partial charge in [-0.3, -0.25) is 17.8 Å². The summed E-state index contributed by atoms with van der Waals surface area (Å²) >= 11 is 11.9. The number of aromatic nitrogens is 3. The highest BCUT2D eigenvalue weighted by Crippen LogP contribution is 2.49. The van der Waals surface area contributed by atoms with E-state index in [1.54, 1.807) is 0 Å². The molecule has 28 nitrogen and oxygen atoms in total. The molecule has 0 radical (unpaired) electrons. The molecule has 0 spiro atoms. The van der Waals surface area contributed by atoms with Crippen molar-refractivity contribution >= 4 is 139 Å². The van der Waals surface area contributed by atoms with Crippen LogP contribution in [0.5, 0.6) is 5.75 Å². The highest BCUT2D eigenvalue weighted by molar-refractivity contribution is 7.94. The first kappa shape index (κ1) is 50.4. The fraction of sp³-hybridized carbons (Fsp3) is 0.107. The molecular weight excluding hydrogens is 1030 g/mol. The zero-order valence-corrected chi connectivity index (χ0v) is 37.1. The number of anilines is 3. The molecule has 0 saturated heterocycles. The van der Waals surface area contributed by atoms with Crippen molar-refractivity contribution < 1.29 is 85.9 Å². The van der Waals surface area contributed by atoms with Crippen LogP contribution in [-0.4, -0.2) is 96.1 Å². The van der Waals surface area contributed by atoms with Crippen LogP contribution in [0.1, 0.15) is 0 Å². The van der Waals surface area contributed by atoms with Gasteiger partial charge in [0.15, 0.2) is 27.9 Å². The van der Waals surface area contributed by atoms with Gasteiger partial charge in [-0.1, -0.05) is 10.1 Å². The van der Waals surface area contributed by atoms with Gasteiger partial charge >= 0.3 is 0 Å². The summed E-state index contributed by atoms with van der Waals surface area (Å²) in [4.78, 5) is 8.38. The lowest BCUT2D eigenvalue weighted by molar-refractivity contribution is -0.434. The van der Waals surface area contributed by atoms with E-state index in [0.717, 1.165) is 42.5 Å². The van der Waals surface area contributed by atoms with Crippen molar-refractivity contribution in [2.75, 3.05) is 28.9 Å². The summed E-state index contributed by atoms with van der Waals surface area (Å²) in [6.45, 7) is -0.559. The van der Waals surface area contributed by atoms with Crippen LogP contribution in [0.15, 0.2) is 94.6 Å². The van der Waals surface area contributed by atoms with E-state index in [0.29, 0.717) is 6.07 Å². The molecule has 0 aliphatic rings. The number of hydrogen-bond donors (Lipinski definition) is 8. The number of phenols is 1. The molecule has 0 atom stereocenters. The molecular formula is C28H23Cl2N9O19S6. The van der Waals surface area contributed by atoms with Crippen LogP contribution < -0.4 is 10.6 Å². The number of phenolic OH excluding ortho intramolecular Hbond substituents is 1. The topological polar surface area (TPSA) is 416 Å². The van der Waals surface area contributed by atoms with Crippen LogP contribution in [0.25, 0.3) is 10.8 Å². The Hall–Kier alpha value is -4.57. The molecule has 5 rings (SSSR count). The maximum absolute atomic E-state index is 12.9. The van der Waals surface area contributed by atoms with Crippen LogP contribution in [0, 0.1) is 0 Å². The Morgan fingerprint density at radius 1 is 0.703 bits per heavy atom. The maximum atomic E-state index is 12.9. The summed E-state index contributed by atoms with van der Waals surface area (Å²) in [6, 6.07) is 8.74. The second-order valence-electron chi connectivity index (χ2n) is 11.6. The summed E-state index contributed by atoms with van der Waals surface area (Å²) in [7, 11) is -19.3. The van der Waals surface area contributed by atoms with Gasteiger partial charge in [0.2, 0.25) is 16.5 Å². The van der Waals surface area contributed by atoms with Gasteiger partial charge in [-0.25, -0.2) is 18.9 Å². The fourth-order valence-electron chi connectivity index (χ4n) is 4.95. The highest BCUT2D eigenvalue weighted by Gasteiger charge is 2.25. The van der Waals surface area contributed by atoms with Gasteiger partial charge in [-0.2, -0.15) is 40.2 Å². The number of hydrogen-bond acceptors (Lipinski definition) is 27. The Kier molecular flexibility index (Phi) is 16.7. The predicted octanol–water partition coefficient (Wildman–Crippen LogP) is 6.57. The number of halogens is 2. The Balaban J connectivity index is 1.66. The van der Waals surface area contributed by atoms with Gasteiger partial charge in [0.1, 0.15) is 38.4 Å². The molecule has 1 heterocycles. The fourth-order valence-corrected chi connectivity index (χ4v) is 8.90. The quantitative estimate of drug-likeness (QED) is 0.00962. The maximum Gasteiger partial charge on any atom is 0.296 e. The zero-order valence-electron chi connectivity index (χ0n) is 30.6. The van der Waals surface area contributed by atoms with Crippen molar-refractivity contribution in [2.45, 2.75) is 19.6 Å². The Labute approximate surface area is 377 Å². The number of azo groups is 2. The monoisotopic (exact) mass is 1050 g/mol. The lowest BCUT2D eigenvalue weighted by Crippen LogP contribution is -2.13. The number of benzene rings is 4. The summed E-state index contributed by atoms with van der Waals surface area (Å²) in [6.07, 6.45) is 0. The van der Waals surface area contributed by atoms with Crippen molar-refractivity contribution in [1.29, 1.82) is 0 Å². The van der Waals surface area contributed by atoms with E-state index in [9.17, 15) is 52.4 Å². The van der Waals surface area contributed by atoms with Crippen LogP contribution >= 0.6 is 47.6 Å².